The van der Waals surface area contributed by atoms with Crippen molar-refractivity contribution >= 4 is 17.7 Å². The van der Waals surface area contributed by atoms with Crippen molar-refractivity contribution in [3.63, 3.8) is 0 Å². The Morgan fingerprint density at radius 1 is 1.00 bits per heavy atom. The molecule has 0 aromatic heterocycles. The lowest BCUT2D eigenvalue weighted by Crippen LogP contribution is -2.07. The fraction of sp³-hybridized carbons (Fsp3) is 0. The van der Waals surface area contributed by atoms with Gasteiger partial charge in [-0.15, -0.1) is 0 Å². The third kappa shape index (κ3) is 3.49. The molecule has 0 unspecified atom stereocenters. The van der Waals surface area contributed by atoms with E-state index in [9.17, 15) is 4.79 Å². The van der Waals surface area contributed by atoms with Gasteiger partial charge < -0.3 is 10.4 Å². The molecule has 0 spiro atoms. The first-order valence-electron chi connectivity index (χ1n) is 5.57. The second kappa shape index (κ2) is 5.68. The minimum absolute atomic E-state index is 0.186. The van der Waals surface area contributed by atoms with E-state index in [0.717, 1.165) is 11.3 Å². The molecule has 2 N–H and O–H groups in total. The smallest absolute Gasteiger partial charge is 0.248 e. The van der Waals surface area contributed by atoms with Gasteiger partial charge in [0.05, 0.1) is 0 Å². The van der Waals surface area contributed by atoms with Gasteiger partial charge in [-0.1, -0.05) is 30.3 Å². The first kappa shape index (κ1) is 11.9. The van der Waals surface area contributed by atoms with Gasteiger partial charge in [-0.3, -0.25) is 4.79 Å². The van der Waals surface area contributed by atoms with Crippen LogP contribution >= 0.6 is 0 Å². The predicted octanol–water partition coefficient (Wildman–Crippen LogP) is 3.04. The van der Waals surface area contributed by atoms with E-state index >= 15 is 0 Å². The summed E-state index contributed by atoms with van der Waals surface area (Å²) >= 11 is 0. The summed E-state index contributed by atoms with van der Waals surface area (Å²) in [4.78, 5) is 11.6. The normalized spacial score (nSPS) is 10.4. The number of carbonyl (C=O) groups excluding carboxylic acids is 1. The highest BCUT2D eigenvalue weighted by Gasteiger charge is 1.96. The third-order valence-electron chi connectivity index (χ3n) is 2.36. The molecule has 2 rings (SSSR count). The maximum Gasteiger partial charge on any atom is 0.248 e. The van der Waals surface area contributed by atoms with Crippen LogP contribution in [0.15, 0.2) is 60.7 Å². The molecule has 0 radical (unpaired) electrons. The summed E-state index contributed by atoms with van der Waals surface area (Å²) in [6.07, 6.45) is 3.15. The molecular weight excluding hydrogens is 226 g/mol. The Morgan fingerprint density at radius 2 is 1.67 bits per heavy atom. The van der Waals surface area contributed by atoms with Crippen molar-refractivity contribution in [1.82, 2.24) is 0 Å². The number of aromatic hydroxyl groups is 1. The highest BCUT2D eigenvalue weighted by Crippen LogP contribution is 2.11. The first-order chi connectivity index (χ1) is 8.74. The zero-order valence-corrected chi connectivity index (χ0v) is 9.71. The summed E-state index contributed by atoms with van der Waals surface area (Å²) < 4.78 is 0. The molecule has 18 heavy (non-hydrogen) atoms. The lowest BCUT2D eigenvalue weighted by atomic mass is 10.2. The molecule has 0 aliphatic heterocycles. The average molecular weight is 239 g/mol. The highest BCUT2D eigenvalue weighted by molar-refractivity contribution is 6.01. The Hall–Kier alpha value is -2.55. The van der Waals surface area contributed by atoms with E-state index in [0.29, 0.717) is 0 Å². The lowest BCUT2D eigenvalue weighted by molar-refractivity contribution is -0.111. The summed E-state index contributed by atoms with van der Waals surface area (Å²) in [5, 5.41) is 11.9. The van der Waals surface area contributed by atoms with E-state index in [-0.39, 0.29) is 11.7 Å². The summed E-state index contributed by atoms with van der Waals surface area (Å²) in [6, 6.07) is 15.9. The van der Waals surface area contributed by atoms with E-state index in [1.54, 1.807) is 30.3 Å². The lowest BCUT2D eigenvalue weighted by Gasteiger charge is -2.00. The van der Waals surface area contributed by atoms with Crippen LogP contribution in [0.3, 0.4) is 0 Å². The van der Waals surface area contributed by atoms with Crippen LogP contribution in [0.4, 0.5) is 5.69 Å². The topological polar surface area (TPSA) is 49.3 Å². The number of benzene rings is 2. The highest BCUT2D eigenvalue weighted by atomic mass is 16.3. The molecule has 0 fully saturated rings. The third-order valence-corrected chi connectivity index (χ3v) is 2.36. The van der Waals surface area contributed by atoms with Gasteiger partial charge in [0, 0.05) is 11.8 Å². The molecule has 3 nitrogen and oxygen atoms in total. The number of phenols is 1. The molecule has 3 heteroatoms. The maximum absolute atomic E-state index is 11.6. The Bertz CT molecular complexity index is 544. The summed E-state index contributed by atoms with van der Waals surface area (Å²) in [5.41, 5.74) is 1.62. The largest absolute Gasteiger partial charge is 0.508 e. The van der Waals surface area contributed by atoms with E-state index in [1.807, 2.05) is 30.3 Å². The molecule has 0 atom stereocenters. The van der Waals surface area contributed by atoms with Gasteiger partial charge in [0.1, 0.15) is 5.75 Å². The van der Waals surface area contributed by atoms with Crippen LogP contribution in [-0.4, -0.2) is 11.0 Å². The van der Waals surface area contributed by atoms with E-state index < -0.39 is 0 Å². The Kier molecular flexibility index (Phi) is 3.76. The van der Waals surface area contributed by atoms with Gasteiger partial charge in [0.25, 0.3) is 0 Å². The number of hydrogen-bond donors (Lipinski definition) is 2. The van der Waals surface area contributed by atoms with Crippen molar-refractivity contribution in [3.05, 3.63) is 66.2 Å². The Morgan fingerprint density at radius 3 is 2.33 bits per heavy atom. The fourth-order valence-corrected chi connectivity index (χ4v) is 1.46. The number of hydrogen-bond acceptors (Lipinski definition) is 2. The zero-order chi connectivity index (χ0) is 12.8. The molecular formula is C15H13NO2. The summed E-state index contributed by atoms with van der Waals surface area (Å²) in [5.74, 6) is 0.0233. The SMILES string of the molecule is O=C(C=Cc1ccc(O)cc1)Nc1ccccc1. The molecule has 1 amide bonds. The number of anilines is 1. The van der Waals surface area contributed by atoms with Gasteiger partial charge in [0.2, 0.25) is 5.91 Å². The van der Waals surface area contributed by atoms with Crippen molar-refractivity contribution in [3.8, 4) is 5.75 Å². The number of carbonyl (C=O) groups is 1. The summed E-state index contributed by atoms with van der Waals surface area (Å²) in [7, 11) is 0. The Labute approximate surface area is 105 Å². The second-order valence-electron chi connectivity index (χ2n) is 3.78. The quantitative estimate of drug-likeness (QED) is 0.809. The van der Waals surface area contributed by atoms with Crippen LogP contribution in [0, 0.1) is 0 Å². The van der Waals surface area contributed by atoms with Gasteiger partial charge in [-0.2, -0.15) is 0 Å². The number of para-hydroxylation sites is 1. The van der Waals surface area contributed by atoms with Crippen molar-refractivity contribution in [2.75, 3.05) is 5.32 Å². The average Bonchev–Trinajstić information content (AvgIpc) is 2.39. The van der Waals surface area contributed by atoms with Crippen molar-refractivity contribution < 1.29 is 9.90 Å². The van der Waals surface area contributed by atoms with Crippen molar-refractivity contribution in [1.29, 1.82) is 0 Å². The predicted molar refractivity (Wildman–Crippen MR) is 72.2 cm³/mol. The first-order valence-corrected chi connectivity index (χ1v) is 5.57. The van der Waals surface area contributed by atoms with Gasteiger partial charge in [0.15, 0.2) is 0 Å². The van der Waals surface area contributed by atoms with Gasteiger partial charge >= 0.3 is 0 Å². The van der Waals surface area contributed by atoms with Crippen LogP contribution in [0.25, 0.3) is 6.08 Å². The van der Waals surface area contributed by atoms with Crippen LogP contribution in [0.1, 0.15) is 5.56 Å². The number of amides is 1. The van der Waals surface area contributed by atoms with E-state index in [2.05, 4.69) is 5.32 Å². The molecule has 0 bridgehead atoms. The van der Waals surface area contributed by atoms with Gasteiger partial charge in [-0.05, 0) is 35.9 Å². The van der Waals surface area contributed by atoms with Crippen LogP contribution in [0.2, 0.25) is 0 Å². The van der Waals surface area contributed by atoms with E-state index in [1.165, 1.54) is 6.08 Å². The molecule has 2 aromatic carbocycles. The Balaban J connectivity index is 1.97. The van der Waals surface area contributed by atoms with E-state index in [4.69, 9.17) is 5.11 Å². The fourth-order valence-electron chi connectivity index (χ4n) is 1.46. The van der Waals surface area contributed by atoms with Crippen molar-refractivity contribution in [2.24, 2.45) is 0 Å². The summed E-state index contributed by atoms with van der Waals surface area (Å²) in [6.45, 7) is 0. The number of nitrogens with one attached hydrogen (secondary N) is 1. The minimum atomic E-state index is -0.186. The molecule has 90 valence electrons. The number of rotatable bonds is 3. The molecule has 2 aromatic rings. The molecule has 0 heterocycles. The minimum Gasteiger partial charge on any atom is -0.508 e. The molecule has 0 aliphatic rings. The standard InChI is InChI=1S/C15H13NO2/c17-14-9-6-12(7-10-14)8-11-15(18)16-13-4-2-1-3-5-13/h1-11,17H,(H,16,18). The van der Waals surface area contributed by atoms with Crippen molar-refractivity contribution in [2.45, 2.75) is 0 Å². The second-order valence-corrected chi connectivity index (χ2v) is 3.78. The van der Waals surface area contributed by atoms with Gasteiger partial charge in [-0.25, -0.2) is 0 Å². The van der Waals surface area contributed by atoms with Crippen LogP contribution < -0.4 is 5.32 Å². The molecule has 0 saturated carbocycles. The number of phenolic OH excluding ortho intramolecular Hbond substituents is 1. The van der Waals surface area contributed by atoms with Crippen LogP contribution in [-0.2, 0) is 4.79 Å². The molecule has 0 aliphatic carbocycles. The maximum atomic E-state index is 11.6. The molecule has 0 saturated heterocycles. The zero-order valence-electron chi connectivity index (χ0n) is 9.71. The monoisotopic (exact) mass is 239 g/mol. The van der Waals surface area contributed by atoms with Crippen LogP contribution in [0.5, 0.6) is 5.75 Å².